The molecular weight excluding hydrogens is 266 g/mol. The Hall–Kier alpha value is -2.10. The van der Waals surface area contributed by atoms with Crippen LogP contribution >= 0.6 is 0 Å². The van der Waals surface area contributed by atoms with Crippen molar-refractivity contribution in [2.45, 2.75) is 38.6 Å². The van der Waals surface area contributed by atoms with E-state index in [1.165, 1.54) is 16.5 Å². The van der Waals surface area contributed by atoms with Crippen LogP contribution in [0.1, 0.15) is 43.7 Å². The van der Waals surface area contributed by atoms with Gasteiger partial charge in [0, 0.05) is 12.1 Å². The van der Waals surface area contributed by atoms with Crippen molar-refractivity contribution < 1.29 is 14.7 Å². The van der Waals surface area contributed by atoms with Gasteiger partial charge in [0.1, 0.15) is 6.54 Å². The molecule has 112 valence electrons. The number of nitrogens with zero attached hydrogens (tertiary/aromatic N) is 1. The molecule has 1 fully saturated rings. The maximum atomic E-state index is 12.1. The van der Waals surface area contributed by atoms with E-state index in [-0.39, 0.29) is 18.5 Å². The lowest BCUT2D eigenvalue weighted by Gasteiger charge is -2.17. The third-order valence-electron chi connectivity index (χ3n) is 3.60. The average molecular weight is 287 g/mol. The van der Waals surface area contributed by atoms with Gasteiger partial charge >= 0.3 is 5.97 Å². The van der Waals surface area contributed by atoms with Gasteiger partial charge < -0.3 is 10.0 Å². The summed E-state index contributed by atoms with van der Waals surface area (Å²) in [6.07, 6.45) is 5.00. The smallest absolute Gasteiger partial charge is 0.323 e. The van der Waals surface area contributed by atoms with Crippen molar-refractivity contribution in [3.63, 3.8) is 0 Å². The monoisotopic (exact) mass is 287 g/mol. The molecule has 1 aromatic rings. The molecule has 0 atom stereocenters. The van der Waals surface area contributed by atoms with E-state index in [0.717, 1.165) is 18.4 Å². The minimum atomic E-state index is -0.968. The van der Waals surface area contributed by atoms with E-state index in [1.807, 2.05) is 24.3 Å². The predicted octanol–water partition coefficient (Wildman–Crippen LogP) is 2.90. The fourth-order valence-electron chi connectivity index (χ4n) is 2.17. The SMILES string of the molecule is CC(C)c1ccc(C=CC(=O)N(CC(=O)O)C2CC2)cc1. The molecule has 1 amide bonds. The van der Waals surface area contributed by atoms with Gasteiger partial charge in [-0.05, 0) is 36.0 Å². The van der Waals surface area contributed by atoms with E-state index in [9.17, 15) is 9.59 Å². The van der Waals surface area contributed by atoms with Gasteiger partial charge in [0.25, 0.3) is 0 Å². The molecule has 0 bridgehead atoms. The highest BCUT2D eigenvalue weighted by molar-refractivity contribution is 5.94. The summed E-state index contributed by atoms with van der Waals surface area (Å²) in [6, 6.07) is 8.13. The van der Waals surface area contributed by atoms with Crippen LogP contribution in [0.3, 0.4) is 0 Å². The summed E-state index contributed by atoms with van der Waals surface area (Å²) in [5.74, 6) is -0.719. The first-order chi connectivity index (χ1) is 9.97. The average Bonchev–Trinajstić information content (AvgIpc) is 3.27. The number of hydrogen-bond acceptors (Lipinski definition) is 2. The van der Waals surface area contributed by atoms with Crippen LogP contribution in [0.15, 0.2) is 30.3 Å². The lowest BCUT2D eigenvalue weighted by Crippen LogP contribution is -2.36. The summed E-state index contributed by atoms with van der Waals surface area (Å²) in [7, 11) is 0. The van der Waals surface area contributed by atoms with Crippen LogP contribution in [0.4, 0.5) is 0 Å². The van der Waals surface area contributed by atoms with Crippen LogP contribution in [0.25, 0.3) is 6.08 Å². The zero-order valence-corrected chi connectivity index (χ0v) is 12.5. The van der Waals surface area contributed by atoms with Gasteiger partial charge in [0.15, 0.2) is 0 Å². The van der Waals surface area contributed by atoms with Crippen molar-refractivity contribution in [1.82, 2.24) is 4.90 Å². The molecule has 0 spiro atoms. The molecule has 21 heavy (non-hydrogen) atoms. The molecule has 1 saturated carbocycles. The minimum absolute atomic E-state index is 0.0987. The van der Waals surface area contributed by atoms with Gasteiger partial charge in [-0.1, -0.05) is 38.1 Å². The third-order valence-corrected chi connectivity index (χ3v) is 3.60. The van der Waals surface area contributed by atoms with Crippen molar-refractivity contribution in [2.24, 2.45) is 0 Å². The highest BCUT2D eigenvalue weighted by Crippen LogP contribution is 2.27. The van der Waals surface area contributed by atoms with E-state index < -0.39 is 5.97 Å². The molecule has 0 aliphatic heterocycles. The zero-order valence-electron chi connectivity index (χ0n) is 12.5. The first-order valence-electron chi connectivity index (χ1n) is 7.28. The Labute approximate surface area is 125 Å². The normalized spacial score (nSPS) is 14.6. The summed E-state index contributed by atoms with van der Waals surface area (Å²) in [4.78, 5) is 24.3. The molecule has 2 rings (SSSR count). The number of carboxylic acid groups (broad SMARTS) is 1. The zero-order chi connectivity index (χ0) is 15.4. The maximum Gasteiger partial charge on any atom is 0.323 e. The van der Waals surface area contributed by atoms with Crippen molar-refractivity contribution in [1.29, 1.82) is 0 Å². The minimum Gasteiger partial charge on any atom is -0.480 e. The number of aliphatic carboxylic acids is 1. The second-order valence-electron chi connectivity index (χ2n) is 5.75. The Kier molecular flexibility index (Phi) is 4.78. The molecule has 4 nitrogen and oxygen atoms in total. The molecule has 0 heterocycles. The molecule has 0 radical (unpaired) electrons. The Balaban J connectivity index is 2.01. The number of amides is 1. The number of carboxylic acids is 1. The summed E-state index contributed by atoms with van der Waals surface area (Å²) in [5, 5.41) is 8.86. The van der Waals surface area contributed by atoms with Crippen molar-refractivity contribution in [2.75, 3.05) is 6.54 Å². The predicted molar refractivity (Wildman–Crippen MR) is 81.9 cm³/mol. The quantitative estimate of drug-likeness (QED) is 0.818. The van der Waals surface area contributed by atoms with E-state index in [2.05, 4.69) is 13.8 Å². The second-order valence-corrected chi connectivity index (χ2v) is 5.75. The van der Waals surface area contributed by atoms with E-state index >= 15 is 0 Å². The van der Waals surface area contributed by atoms with Crippen molar-refractivity contribution in [3.05, 3.63) is 41.5 Å². The van der Waals surface area contributed by atoms with Gasteiger partial charge in [-0.25, -0.2) is 0 Å². The van der Waals surface area contributed by atoms with Crippen LogP contribution < -0.4 is 0 Å². The van der Waals surface area contributed by atoms with Crippen LogP contribution in [0.5, 0.6) is 0 Å². The number of carbonyl (C=O) groups is 2. The Morgan fingerprint density at radius 3 is 2.38 bits per heavy atom. The fraction of sp³-hybridized carbons (Fsp3) is 0.412. The van der Waals surface area contributed by atoms with Gasteiger partial charge in [-0.2, -0.15) is 0 Å². The molecule has 0 saturated heterocycles. The highest BCUT2D eigenvalue weighted by Gasteiger charge is 2.32. The molecule has 1 aromatic carbocycles. The third kappa shape index (κ3) is 4.45. The van der Waals surface area contributed by atoms with Crippen LogP contribution in [0, 0.1) is 0 Å². The maximum absolute atomic E-state index is 12.1. The second kappa shape index (κ2) is 6.57. The Bertz CT molecular complexity index is 542. The van der Waals surface area contributed by atoms with Crippen LogP contribution in [-0.4, -0.2) is 34.5 Å². The first-order valence-corrected chi connectivity index (χ1v) is 7.28. The molecule has 1 N–H and O–H groups in total. The molecule has 0 aromatic heterocycles. The van der Waals surface area contributed by atoms with Crippen LogP contribution in [-0.2, 0) is 9.59 Å². The standard InChI is InChI=1S/C17H21NO3/c1-12(2)14-6-3-13(4-7-14)5-10-16(19)18(11-17(20)21)15-8-9-15/h3-7,10,12,15H,8-9,11H2,1-2H3,(H,20,21). The van der Waals surface area contributed by atoms with Gasteiger partial charge in [0.2, 0.25) is 5.91 Å². The van der Waals surface area contributed by atoms with Gasteiger partial charge in [-0.3, -0.25) is 9.59 Å². The molecular formula is C17H21NO3. The topological polar surface area (TPSA) is 57.6 Å². The lowest BCUT2D eigenvalue weighted by molar-refractivity contribution is -0.143. The van der Waals surface area contributed by atoms with Crippen LogP contribution in [0.2, 0.25) is 0 Å². The Morgan fingerprint density at radius 1 is 1.29 bits per heavy atom. The summed E-state index contributed by atoms with van der Waals surface area (Å²) in [5.41, 5.74) is 2.20. The highest BCUT2D eigenvalue weighted by atomic mass is 16.4. The molecule has 1 aliphatic rings. The van der Waals surface area contributed by atoms with E-state index in [1.54, 1.807) is 6.08 Å². The summed E-state index contributed by atoms with van der Waals surface area (Å²) < 4.78 is 0. The number of hydrogen-bond donors (Lipinski definition) is 1. The fourth-order valence-corrected chi connectivity index (χ4v) is 2.17. The summed E-state index contributed by atoms with van der Waals surface area (Å²) in [6.45, 7) is 4.04. The lowest BCUT2D eigenvalue weighted by atomic mass is 10.0. The molecule has 0 unspecified atom stereocenters. The number of carbonyl (C=O) groups excluding carboxylic acids is 1. The number of benzene rings is 1. The molecule has 4 heteroatoms. The summed E-state index contributed by atoms with van der Waals surface area (Å²) >= 11 is 0. The largest absolute Gasteiger partial charge is 0.480 e. The first kappa shape index (κ1) is 15.3. The van der Waals surface area contributed by atoms with Gasteiger partial charge in [0.05, 0.1) is 0 Å². The van der Waals surface area contributed by atoms with Crippen molar-refractivity contribution >= 4 is 18.0 Å². The Morgan fingerprint density at radius 2 is 1.90 bits per heavy atom. The molecule has 1 aliphatic carbocycles. The van der Waals surface area contributed by atoms with E-state index in [0.29, 0.717) is 5.92 Å². The van der Waals surface area contributed by atoms with Gasteiger partial charge in [-0.15, -0.1) is 0 Å². The van der Waals surface area contributed by atoms with E-state index in [4.69, 9.17) is 5.11 Å². The van der Waals surface area contributed by atoms with Crippen molar-refractivity contribution in [3.8, 4) is 0 Å². The number of rotatable bonds is 6.